The van der Waals surface area contributed by atoms with Crippen LogP contribution in [0.25, 0.3) is 0 Å². The van der Waals surface area contributed by atoms with Crippen LogP contribution in [0, 0.1) is 0 Å². The summed E-state index contributed by atoms with van der Waals surface area (Å²) in [5.41, 5.74) is 7.34. The van der Waals surface area contributed by atoms with Gasteiger partial charge in [-0.1, -0.05) is 0 Å². The Bertz CT molecular complexity index is 396. The van der Waals surface area contributed by atoms with Crippen molar-refractivity contribution < 1.29 is 8.95 Å². The normalized spacial score (nSPS) is 14.1. The van der Waals surface area contributed by atoms with Crippen molar-refractivity contribution in [1.82, 2.24) is 0 Å². The second kappa shape index (κ2) is 6.49. The maximum atomic E-state index is 11.2. The van der Waals surface area contributed by atoms with E-state index in [1.807, 2.05) is 26.0 Å². The van der Waals surface area contributed by atoms with Gasteiger partial charge in [0, 0.05) is 40.6 Å². The first-order valence-corrected chi connectivity index (χ1v) is 7.25. The fourth-order valence-electron chi connectivity index (χ4n) is 1.30. The van der Waals surface area contributed by atoms with Crippen LogP contribution in [-0.2, 0) is 10.8 Å². The fourth-order valence-corrected chi connectivity index (χ4v) is 1.62. The van der Waals surface area contributed by atoms with Crippen LogP contribution in [0.1, 0.15) is 13.8 Å². The molecule has 0 aromatic heterocycles. The summed E-state index contributed by atoms with van der Waals surface area (Å²) in [5, 5.41) is 3.34. The number of ether oxygens (including phenoxy) is 1. The lowest BCUT2D eigenvalue weighted by Gasteiger charge is -2.13. The van der Waals surface area contributed by atoms with Crippen LogP contribution in [0.2, 0.25) is 0 Å². The van der Waals surface area contributed by atoms with Gasteiger partial charge in [0.15, 0.2) is 0 Å². The minimum absolute atomic E-state index is 0.114. The average molecular weight is 256 g/mol. The molecule has 0 bridgehead atoms. The Hall–Kier alpha value is -1.23. The average Bonchev–Trinajstić information content (AvgIpc) is 2.29. The molecule has 1 rings (SSSR count). The van der Waals surface area contributed by atoms with Gasteiger partial charge >= 0.3 is 0 Å². The number of benzene rings is 1. The third-order valence-electron chi connectivity index (χ3n) is 2.47. The van der Waals surface area contributed by atoms with E-state index in [0.29, 0.717) is 24.6 Å². The standard InChI is InChI=1S/C12H20N2O2S/c1-4-16-12-7-10(5-6-11(12)13)14-8-9(2)17(3)15/h5-7,9,14H,4,8,13H2,1-3H3. The second-order valence-corrected chi connectivity index (χ2v) is 5.68. The Labute approximate surface area is 105 Å². The largest absolute Gasteiger partial charge is 0.492 e. The molecule has 4 nitrogen and oxygen atoms in total. The van der Waals surface area contributed by atoms with E-state index in [-0.39, 0.29) is 5.25 Å². The highest BCUT2D eigenvalue weighted by Gasteiger charge is 2.06. The summed E-state index contributed by atoms with van der Waals surface area (Å²) >= 11 is 0. The third kappa shape index (κ3) is 4.26. The maximum Gasteiger partial charge on any atom is 0.144 e. The molecule has 0 saturated carbocycles. The first-order chi connectivity index (χ1) is 8.04. The van der Waals surface area contributed by atoms with E-state index in [4.69, 9.17) is 10.5 Å². The van der Waals surface area contributed by atoms with Gasteiger partial charge in [-0.3, -0.25) is 4.21 Å². The van der Waals surface area contributed by atoms with Crippen molar-refractivity contribution in [2.24, 2.45) is 0 Å². The van der Waals surface area contributed by atoms with Gasteiger partial charge in [-0.05, 0) is 26.0 Å². The van der Waals surface area contributed by atoms with Crippen molar-refractivity contribution in [3.05, 3.63) is 18.2 Å². The topological polar surface area (TPSA) is 64.3 Å². The molecule has 0 saturated heterocycles. The van der Waals surface area contributed by atoms with Gasteiger partial charge in [0.1, 0.15) is 5.75 Å². The van der Waals surface area contributed by atoms with E-state index in [9.17, 15) is 4.21 Å². The lowest BCUT2D eigenvalue weighted by atomic mass is 10.2. The van der Waals surface area contributed by atoms with E-state index in [1.54, 1.807) is 12.3 Å². The highest BCUT2D eigenvalue weighted by atomic mass is 32.2. The minimum Gasteiger partial charge on any atom is -0.492 e. The predicted molar refractivity (Wildman–Crippen MR) is 74.0 cm³/mol. The van der Waals surface area contributed by atoms with Crippen LogP contribution < -0.4 is 15.8 Å². The predicted octanol–water partition coefficient (Wildman–Crippen LogP) is 1.85. The summed E-state index contributed by atoms with van der Waals surface area (Å²) in [5.74, 6) is 0.683. The van der Waals surface area contributed by atoms with Crippen molar-refractivity contribution in [2.45, 2.75) is 19.1 Å². The molecule has 0 radical (unpaired) electrons. The smallest absolute Gasteiger partial charge is 0.144 e. The summed E-state index contributed by atoms with van der Waals surface area (Å²) in [4.78, 5) is 0. The monoisotopic (exact) mass is 256 g/mol. The van der Waals surface area contributed by atoms with Gasteiger partial charge in [0.2, 0.25) is 0 Å². The Balaban J connectivity index is 2.65. The third-order valence-corrected chi connectivity index (χ3v) is 3.77. The summed E-state index contributed by atoms with van der Waals surface area (Å²) in [6, 6.07) is 5.56. The highest BCUT2D eigenvalue weighted by Crippen LogP contribution is 2.25. The van der Waals surface area contributed by atoms with Crippen molar-refractivity contribution >= 4 is 22.2 Å². The zero-order chi connectivity index (χ0) is 12.8. The van der Waals surface area contributed by atoms with Crippen LogP contribution in [-0.4, -0.2) is 28.9 Å². The number of hydrogen-bond donors (Lipinski definition) is 2. The maximum absolute atomic E-state index is 11.2. The van der Waals surface area contributed by atoms with Gasteiger partial charge in [-0.25, -0.2) is 0 Å². The van der Waals surface area contributed by atoms with Crippen molar-refractivity contribution in [2.75, 3.05) is 30.5 Å². The Morgan fingerprint density at radius 2 is 2.24 bits per heavy atom. The Kier molecular flexibility index (Phi) is 5.28. The first kappa shape index (κ1) is 13.8. The molecular weight excluding hydrogens is 236 g/mol. The highest BCUT2D eigenvalue weighted by molar-refractivity contribution is 7.84. The van der Waals surface area contributed by atoms with E-state index in [0.717, 1.165) is 5.69 Å². The molecule has 0 aliphatic heterocycles. The van der Waals surface area contributed by atoms with E-state index < -0.39 is 10.8 Å². The van der Waals surface area contributed by atoms with Crippen molar-refractivity contribution in [1.29, 1.82) is 0 Å². The fraction of sp³-hybridized carbons (Fsp3) is 0.500. The van der Waals surface area contributed by atoms with E-state index in [1.165, 1.54) is 0 Å². The molecule has 0 aliphatic carbocycles. The molecule has 2 unspecified atom stereocenters. The van der Waals surface area contributed by atoms with E-state index in [2.05, 4.69) is 5.32 Å². The number of nitrogens with one attached hydrogen (secondary N) is 1. The molecule has 17 heavy (non-hydrogen) atoms. The van der Waals surface area contributed by atoms with Crippen LogP contribution in [0.3, 0.4) is 0 Å². The molecule has 1 aromatic carbocycles. The quantitative estimate of drug-likeness (QED) is 0.762. The summed E-state index contributed by atoms with van der Waals surface area (Å²) in [6.45, 7) is 5.12. The molecule has 0 heterocycles. The molecule has 2 atom stereocenters. The second-order valence-electron chi connectivity index (χ2n) is 3.88. The zero-order valence-electron chi connectivity index (χ0n) is 10.5. The molecule has 5 heteroatoms. The zero-order valence-corrected chi connectivity index (χ0v) is 11.3. The lowest BCUT2D eigenvalue weighted by Crippen LogP contribution is -2.20. The molecule has 1 aromatic rings. The van der Waals surface area contributed by atoms with Crippen LogP contribution in [0.4, 0.5) is 11.4 Å². The van der Waals surface area contributed by atoms with Gasteiger partial charge in [-0.15, -0.1) is 0 Å². The number of hydrogen-bond acceptors (Lipinski definition) is 4. The molecule has 0 aliphatic rings. The van der Waals surface area contributed by atoms with Crippen molar-refractivity contribution in [3.63, 3.8) is 0 Å². The number of rotatable bonds is 6. The van der Waals surface area contributed by atoms with Crippen LogP contribution in [0.15, 0.2) is 18.2 Å². The number of nitrogen functional groups attached to an aromatic ring is 1. The van der Waals surface area contributed by atoms with Crippen LogP contribution >= 0.6 is 0 Å². The number of nitrogens with two attached hydrogens (primary N) is 1. The first-order valence-electron chi connectivity index (χ1n) is 5.63. The molecule has 0 spiro atoms. The molecule has 0 amide bonds. The Morgan fingerprint density at radius 3 is 2.82 bits per heavy atom. The van der Waals surface area contributed by atoms with Gasteiger partial charge in [-0.2, -0.15) is 0 Å². The van der Waals surface area contributed by atoms with Crippen LogP contribution in [0.5, 0.6) is 5.75 Å². The molecule has 3 N–H and O–H groups in total. The summed E-state index contributed by atoms with van der Waals surface area (Å²) in [7, 11) is -0.816. The number of anilines is 2. The summed E-state index contributed by atoms with van der Waals surface area (Å²) < 4.78 is 16.6. The minimum atomic E-state index is -0.816. The molecule has 96 valence electrons. The van der Waals surface area contributed by atoms with Crippen molar-refractivity contribution in [3.8, 4) is 5.75 Å². The SMILES string of the molecule is CCOc1cc(NCC(C)S(C)=O)ccc1N. The Morgan fingerprint density at radius 1 is 1.53 bits per heavy atom. The van der Waals surface area contributed by atoms with E-state index >= 15 is 0 Å². The lowest BCUT2D eigenvalue weighted by molar-refractivity contribution is 0.342. The summed E-state index contributed by atoms with van der Waals surface area (Å²) in [6.07, 6.45) is 1.71. The van der Waals surface area contributed by atoms with Gasteiger partial charge in [0.25, 0.3) is 0 Å². The molecular formula is C12H20N2O2S. The molecule has 0 fully saturated rings. The van der Waals surface area contributed by atoms with Gasteiger partial charge < -0.3 is 15.8 Å². The van der Waals surface area contributed by atoms with Gasteiger partial charge in [0.05, 0.1) is 12.3 Å².